The summed E-state index contributed by atoms with van der Waals surface area (Å²) in [4.78, 5) is 16.3. The second-order valence-electron chi connectivity index (χ2n) is 8.30. The van der Waals surface area contributed by atoms with Crippen molar-refractivity contribution in [2.75, 3.05) is 11.5 Å². The van der Waals surface area contributed by atoms with E-state index in [-0.39, 0.29) is 0 Å². The molecule has 33 heavy (non-hydrogen) atoms. The highest BCUT2D eigenvalue weighted by Gasteiger charge is 2.09. The van der Waals surface area contributed by atoms with Crippen molar-refractivity contribution >= 4 is 33.4 Å². The molecule has 0 aliphatic heterocycles. The molecule has 2 aromatic heterocycles. The zero-order chi connectivity index (χ0) is 22.4. The summed E-state index contributed by atoms with van der Waals surface area (Å²) in [6.45, 7) is 0. The summed E-state index contributed by atoms with van der Waals surface area (Å²) >= 11 is 0. The van der Waals surface area contributed by atoms with Gasteiger partial charge in [0, 0.05) is 22.5 Å². The number of nitrogen functional groups attached to an aromatic ring is 2. The Morgan fingerprint density at radius 3 is 1.52 bits per heavy atom. The molecule has 0 atom stereocenters. The number of nitrogens with two attached hydrogens (primary N) is 2. The molecule has 0 spiro atoms. The smallest absolute Gasteiger partial charge is 0.138 e. The summed E-state index contributed by atoms with van der Waals surface area (Å²) in [5.74, 6) is 1.64. The molecule has 6 nitrogen and oxygen atoms in total. The van der Waals surface area contributed by atoms with Gasteiger partial charge >= 0.3 is 0 Å². The number of anilines is 2. The molecule has 6 N–H and O–H groups in total. The SMILES string of the molecule is Nc1cccc(-c2nc3ccc(Cc4ccc5nc(-c6cccc(N)c6)[nH]c5c4)cc3[nH]2)c1. The van der Waals surface area contributed by atoms with Crippen LogP contribution in [0.3, 0.4) is 0 Å². The molecular weight excluding hydrogens is 408 g/mol. The highest BCUT2D eigenvalue weighted by atomic mass is 14.9. The van der Waals surface area contributed by atoms with Gasteiger partial charge in [0.1, 0.15) is 11.6 Å². The van der Waals surface area contributed by atoms with Crippen LogP contribution in [0.4, 0.5) is 11.4 Å². The van der Waals surface area contributed by atoms with Crippen molar-refractivity contribution in [1.29, 1.82) is 0 Å². The summed E-state index contributed by atoms with van der Waals surface area (Å²) in [5.41, 5.74) is 21.6. The normalized spacial score (nSPS) is 11.4. The first-order valence-electron chi connectivity index (χ1n) is 10.8. The van der Waals surface area contributed by atoms with E-state index in [0.717, 1.165) is 62.6 Å². The van der Waals surface area contributed by atoms with Crippen LogP contribution in [-0.2, 0) is 6.42 Å². The number of aromatic nitrogens is 4. The molecule has 0 fully saturated rings. The number of rotatable bonds is 4. The number of fused-ring (bicyclic) bond motifs is 2. The van der Waals surface area contributed by atoms with E-state index < -0.39 is 0 Å². The monoisotopic (exact) mass is 430 g/mol. The minimum atomic E-state index is 0.724. The molecule has 0 saturated carbocycles. The molecule has 0 aliphatic rings. The lowest BCUT2D eigenvalue weighted by Crippen LogP contribution is -1.88. The van der Waals surface area contributed by atoms with Crippen molar-refractivity contribution in [3.8, 4) is 22.8 Å². The maximum absolute atomic E-state index is 5.93. The number of nitrogens with zero attached hydrogens (tertiary/aromatic N) is 2. The Morgan fingerprint density at radius 2 is 1.06 bits per heavy atom. The van der Waals surface area contributed by atoms with Crippen LogP contribution in [-0.4, -0.2) is 19.9 Å². The van der Waals surface area contributed by atoms with E-state index in [1.165, 1.54) is 11.1 Å². The van der Waals surface area contributed by atoms with Crippen molar-refractivity contribution in [1.82, 2.24) is 19.9 Å². The summed E-state index contributed by atoms with van der Waals surface area (Å²) in [5, 5.41) is 0. The van der Waals surface area contributed by atoms with Gasteiger partial charge < -0.3 is 21.4 Å². The Labute approximate surface area is 190 Å². The van der Waals surface area contributed by atoms with Crippen molar-refractivity contribution in [2.45, 2.75) is 6.42 Å². The quantitative estimate of drug-likeness (QED) is 0.276. The Kier molecular flexibility index (Phi) is 4.36. The molecule has 0 unspecified atom stereocenters. The Bertz CT molecular complexity index is 1500. The molecule has 0 saturated heterocycles. The van der Waals surface area contributed by atoms with Crippen LogP contribution in [0, 0.1) is 0 Å². The van der Waals surface area contributed by atoms with Crippen LogP contribution in [0.25, 0.3) is 44.8 Å². The lowest BCUT2D eigenvalue weighted by atomic mass is 10.0. The first-order valence-corrected chi connectivity index (χ1v) is 10.8. The highest BCUT2D eigenvalue weighted by Crippen LogP contribution is 2.26. The Balaban J connectivity index is 1.29. The van der Waals surface area contributed by atoms with Crippen LogP contribution in [0.15, 0.2) is 84.9 Å². The average Bonchev–Trinajstić information content (AvgIpc) is 3.43. The molecule has 6 rings (SSSR count). The molecule has 160 valence electrons. The zero-order valence-electron chi connectivity index (χ0n) is 17.8. The predicted molar refractivity (Wildman–Crippen MR) is 135 cm³/mol. The summed E-state index contributed by atoms with van der Waals surface area (Å²) in [6.07, 6.45) is 0.811. The van der Waals surface area contributed by atoms with Crippen molar-refractivity contribution in [3.05, 3.63) is 96.1 Å². The number of nitrogens with one attached hydrogen (secondary N) is 2. The predicted octanol–water partition coefficient (Wildman–Crippen LogP) is 5.53. The number of hydrogen-bond acceptors (Lipinski definition) is 4. The third-order valence-corrected chi connectivity index (χ3v) is 5.82. The lowest BCUT2D eigenvalue weighted by molar-refractivity contribution is 1.20. The maximum atomic E-state index is 5.93. The van der Waals surface area contributed by atoms with Crippen LogP contribution in [0.5, 0.6) is 0 Å². The van der Waals surface area contributed by atoms with Gasteiger partial charge in [0.15, 0.2) is 0 Å². The van der Waals surface area contributed by atoms with Crippen LogP contribution in [0.2, 0.25) is 0 Å². The van der Waals surface area contributed by atoms with E-state index in [2.05, 4.69) is 46.4 Å². The maximum Gasteiger partial charge on any atom is 0.138 e. The van der Waals surface area contributed by atoms with Gasteiger partial charge in [-0.15, -0.1) is 0 Å². The fraction of sp³-hybridized carbons (Fsp3) is 0.0370. The number of H-pyrrole nitrogens is 2. The third kappa shape index (κ3) is 3.68. The molecule has 0 aliphatic carbocycles. The van der Waals surface area contributed by atoms with E-state index in [0.29, 0.717) is 0 Å². The summed E-state index contributed by atoms with van der Waals surface area (Å²) < 4.78 is 0. The minimum Gasteiger partial charge on any atom is -0.399 e. The zero-order valence-corrected chi connectivity index (χ0v) is 17.8. The van der Waals surface area contributed by atoms with Crippen LogP contribution in [0.1, 0.15) is 11.1 Å². The molecule has 0 radical (unpaired) electrons. The van der Waals surface area contributed by atoms with Gasteiger partial charge in [-0.05, 0) is 66.1 Å². The number of benzene rings is 4. The highest BCUT2D eigenvalue weighted by molar-refractivity contribution is 5.82. The standard InChI is InChI=1S/C27H22N6/c28-20-5-1-3-18(14-20)26-30-22-9-7-16(12-24(22)32-26)11-17-8-10-23-25(13-17)33-27(31-23)19-4-2-6-21(29)15-19/h1-10,12-15H,11,28-29H2,(H,30,32)(H,31,33). The molecule has 4 aromatic carbocycles. The van der Waals surface area contributed by atoms with E-state index >= 15 is 0 Å². The van der Waals surface area contributed by atoms with Crippen LogP contribution >= 0.6 is 0 Å². The Hall–Kier alpha value is -4.58. The molecule has 6 aromatic rings. The molecule has 0 bridgehead atoms. The van der Waals surface area contributed by atoms with Gasteiger partial charge in [-0.25, -0.2) is 9.97 Å². The van der Waals surface area contributed by atoms with Crippen molar-refractivity contribution in [3.63, 3.8) is 0 Å². The molecule has 0 amide bonds. The third-order valence-electron chi connectivity index (χ3n) is 5.82. The van der Waals surface area contributed by atoms with Gasteiger partial charge in [0.25, 0.3) is 0 Å². The van der Waals surface area contributed by atoms with Crippen LogP contribution < -0.4 is 11.5 Å². The van der Waals surface area contributed by atoms with E-state index in [1.807, 2.05) is 48.5 Å². The number of imidazole rings is 2. The Morgan fingerprint density at radius 1 is 0.576 bits per heavy atom. The molecule has 6 heteroatoms. The van der Waals surface area contributed by atoms with Crippen molar-refractivity contribution in [2.24, 2.45) is 0 Å². The number of hydrogen-bond donors (Lipinski definition) is 4. The summed E-state index contributed by atoms with van der Waals surface area (Å²) in [6, 6.07) is 28.2. The first kappa shape index (κ1) is 19.1. The second-order valence-corrected chi connectivity index (χ2v) is 8.30. The van der Waals surface area contributed by atoms with Crippen molar-refractivity contribution < 1.29 is 0 Å². The molecule has 2 heterocycles. The average molecular weight is 431 g/mol. The largest absolute Gasteiger partial charge is 0.399 e. The van der Waals surface area contributed by atoms with Gasteiger partial charge in [-0.3, -0.25) is 0 Å². The molecular formula is C27H22N6. The van der Waals surface area contributed by atoms with E-state index in [4.69, 9.17) is 21.4 Å². The minimum absolute atomic E-state index is 0.724. The fourth-order valence-electron chi connectivity index (χ4n) is 4.21. The number of aromatic amines is 2. The summed E-state index contributed by atoms with van der Waals surface area (Å²) in [7, 11) is 0. The van der Waals surface area contributed by atoms with E-state index in [9.17, 15) is 0 Å². The fourth-order valence-corrected chi connectivity index (χ4v) is 4.21. The second kappa shape index (κ2) is 7.53. The van der Waals surface area contributed by atoms with Gasteiger partial charge in [-0.2, -0.15) is 0 Å². The van der Waals surface area contributed by atoms with Gasteiger partial charge in [0.05, 0.1) is 22.1 Å². The topological polar surface area (TPSA) is 109 Å². The van der Waals surface area contributed by atoms with Gasteiger partial charge in [0.2, 0.25) is 0 Å². The van der Waals surface area contributed by atoms with Gasteiger partial charge in [-0.1, -0.05) is 36.4 Å². The van der Waals surface area contributed by atoms with E-state index in [1.54, 1.807) is 0 Å². The first-order chi connectivity index (χ1) is 16.1. The lowest BCUT2D eigenvalue weighted by Gasteiger charge is -2.02.